The summed E-state index contributed by atoms with van der Waals surface area (Å²) in [6.07, 6.45) is 5.30. The van der Waals surface area contributed by atoms with Crippen molar-refractivity contribution in [2.75, 3.05) is 0 Å². The predicted octanol–water partition coefficient (Wildman–Crippen LogP) is 1.07. The fourth-order valence-corrected chi connectivity index (χ4v) is 1.44. The lowest BCUT2D eigenvalue weighted by molar-refractivity contribution is -0.191. The quantitative estimate of drug-likeness (QED) is 0.314. The SMILES string of the molecule is CCCCCCCCC(O)(O)C(=O)C(=O)O. The van der Waals surface area contributed by atoms with E-state index in [-0.39, 0.29) is 6.42 Å². The smallest absolute Gasteiger partial charge is 0.378 e. The molecule has 0 unspecified atom stereocenters. The summed E-state index contributed by atoms with van der Waals surface area (Å²) in [5, 5.41) is 26.7. The number of carboxylic acids is 1. The predicted molar refractivity (Wildman–Crippen MR) is 57.8 cm³/mol. The topological polar surface area (TPSA) is 94.8 Å². The van der Waals surface area contributed by atoms with Gasteiger partial charge in [0.15, 0.2) is 0 Å². The molecule has 0 bridgehead atoms. The minimum atomic E-state index is -2.71. The number of hydrogen-bond acceptors (Lipinski definition) is 4. The molecule has 0 radical (unpaired) electrons. The second-order valence-electron chi connectivity index (χ2n) is 3.97. The van der Waals surface area contributed by atoms with E-state index in [1.54, 1.807) is 0 Å². The molecule has 0 spiro atoms. The number of carbonyl (C=O) groups is 2. The monoisotopic (exact) mass is 232 g/mol. The lowest BCUT2D eigenvalue weighted by Crippen LogP contribution is -2.42. The molecule has 0 aromatic heterocycles. The van der Waals surface area contributed by atoms with Crippen molar-refractivity contribution in [3.63, 3.8) is 0 Å². The molecule has 3 N–H and O–H groups in total. The Morgan fingerprint density at radius 1 is 1.00 bits per heavy atom. The fourth-order valence-electron chi connectivity index (χ4n) is 1.44. The molecule has 94 valence electrons. The zero-order valence-electron chi connectivity index (χ0n) is 9.61. The van der Waals surface area contributed by atoms with Gasteiger partial charge in [-0.25, -0.2) is 4.79 Å². The summed E-state index contributed by atoms with van der Waals surface area (Å²) < 4.78 is 0. The Morgan fingerprint density at radius 3 is 2.00 bits per heavy atom. The normalized spacial score (nSPS) is 11.4. The van der Waals surface area contributed by atoms with Crippen molar-refractivity contribution in [3.8, 4) is 0 Å². The maximum absolute atomic E-state index is 10.8. The first-order valence-corrected chi connectivity index (χ1v) is 5.64. The summed E-state index contributed by atoms with van der Waals surface area (Å²) in [5.41, 5.74) is 0. The van der Waals surface area contributed by atoms with Gasteiger partial charge in [0.05, 0.1) is 0 Å². The Balaban J connectivity index is 3.74. The summed E-state index contributed by atoms with van der Waals surface area (Å²) in [4.78, 5) is 21.1. The van der Waals surface area contributed by atoms with E-state index in [4.69, 9.17) is 5.11 Å². The lowest BCUT2D eigenvalue weighted by Gasteiger charge is -2.17. The van der Waals surface area contributed by atoms with Crippen LogP contribution < -0.4 is 0 Å². The van der Waals surface area contributed by atoms with Crippen LogP contribution in [0.25, 0.3) is 0 Å². The molecule has 0 heterocycles. The van der Waals surface area contributed by atoms with E-state index in [1.165, 1.54) is 0 Å². The summed E-state index contributed by atoms with van der Waals surface area (Å²) in [5.74, 6) is -6.08. The van der Waals surface area contributed by atoms with Crippen LogP contribution in [-0.2, 0) is 9.59 Å². The molecular weight excluding hydrogens is 212 g/mol. The Morgan fingerprint density at radius 2 is 1.50 bits per heavy atom. The first-order chi connectivity index (χ1) is 7.41. The zero-order chi connectivity index (χ0) is 12.6. The minimum Gasteiger partial charge on any atom is -0.475 e. The number of carbonyl (C=O) groups excluding carboxylic acids is 1. The zero-order valence-corrected chi connectivity index (χ0v) is 9.61. The molecule has 0 amide bonds. The minimum absolute atomic E-state index is 0.218. The van der Waals surface area contributed by atoms with Crippen molar-refractivity contribution in [1.29, 1.82) is 0 Å². The van der Waals surface area contributed by atoms with Gasteiger partial charge in [-0.2, -0.15) is 0 Å². The van der Waals surface area contributed by atoms with Crippen molar-refractivity contribution < 1.29 is 24.9 Å². The van der Waals surface area contributed by atoms with Crippen molar-refractivity contribution in [3.05, 3.63) is 0 Å². The van der Waals surface area contributed by atoms with Crippen LogP contribution in [0, 0.1) is 0 Å². The van der Waals surface area contributed by atoms with Gasteiger partial charge in [0, 0.05) is 6.42 Å². The number of hydrogen-bond donors (Lipinski definition) is 3. The van der Waals surface area contributed by atoms with Gasteiger partial charge < -0.3 is 15.3 Å². The van der Waals surface area contributed by atoms with Gasteiger partial charge in [0.25, 0.3) is 5.78 Å². The van der Waals surface area contributed by atoms with Gasteiger partial charge in [0.2, 0.25) is 5.79 Å². The molecule has 0 fully saturated rings. The van der Waals surface area contributed by atoms with Gasteiger partial charge >= 0.3 is 5.97 Å². The first kappa shape index (κ1) is 15.1. The molecule has 0 aliphatic carbocycles. The lowest BCUT2D eigenvalue weighted by atomic mass is 10.0. The van der Waals surface area contributed by atoms with Gasteiger partial charge in [-0.05, 0) is 6.42 Å². The van der Waals surface area contributed by atoms with Crippen LogP contribution in [0.4, 0.5) is 0 Å². The number of ketones is 1. The maximum Gasteiger partial charge on any atom is 0.378 e. The van der Waals surface area contributed by atoms with E-state index in [9.17, 15) is 19.8 Å². The number of rotatable bonds is 9. The molecule has 0 saturated carbocycles. The van der Waals surface area contributed by atoms with E-state index in [2.05, 4.69) is 6.92 Å². The molecule has 0 aliphatic rings. The second-order valence-corrected chi connectivity index (χ2v) is 3.97. The average Bonchev–Trinajstić information content (AvgIpc) is 2.22. The number of aliphatic hydroxyl groups is 2. The Hall–Kier alpha value is -0.940. The van der Waals surface area contributed by atoms with Crippen molar-refractivity contribution >= 4 is 11.8 Å². The van der Waals surface area contributed by atoms with Crippen molar-refractivity contribution in [1.82, 2.24) is 0 Å². The molecule has 0 saturated heterocycles. The molecular formula is C11H20O5. The highest BCUT2D eigenvalue weighted by molar-refractivity contribution is 6.35. The Bertz CT molecular complexity index is 235. The van der Waals surface area contributed by atoms with Crippen LogP contribution in [0.15, 0.2) is 0 Å². The largest absolute Gasteiger partial charge is 0.475 e. The molecule has 0 aliphatic heterocycles. The summed E-state index contributed by atoms with van der Waals surface area (Å²) in [7, 11) is 0. The van der Waals surface area contributed by atoms with Crippen LogP contribution in [0.2, 0.25) is 0 Å². The third-order valence-electron chi connectivity index (χ3n) is 2.44. The van der Waals surface area contributed by atoms with Gasteiger partial charge in [-0.15, -0.1) is 0 Å². The highest BCUT2D eigenvalue weighted by Crippen LogP contribution is 2.15. The van der Waals surface area contributed by atoms with E-state index in [0.717, 1.165) is 32.1 Å². The maximum atomic E-state index is 10.8. The van der Waals surface area contributed by atoms with E-state index in [1.807, 2.05) is 0 Å². The first-order valence-electron chi connectivity index (χ1n) is 5.64. The molecule has 16 heavy (non-hydrogen) atoms. The van der Waals surface area contributed by atoms with Crippen LogP contribution in [0.3, 0.4) is 0 Å². The third kappa shape index (κ3) is 5.82. The third-order valence-corrected chi connectivity index (χ3v) is 2.44. The van der Waals surface area contributed by atoms with Crippen molar-refractivity contribution in [2.24, 2.45) is 0 Å². The number of Topliss-reactive ketones (excluding diaryl/α,β-unsaturated/α-hetero) is 1. The Kier molecular flexibility index (Phi) is 6.92. The molecule has 5 nitrogen and oxygen atoms in total. The molecule has 0 atom stereocenters. The van der Waals surface area contributed by atoms with Gasteiger partial charge in [0.1, 0.15) is 0 Å². The van der Waals surface area contributed by atoms with Crippen molar-refractivity contribution in [2.45, 2.75) is 57.7 Å². The van der Waals surface area contributed by atoms with Crippen LogP contribution >= 0.6 is 0 Å². The number of aliphatic carboxylic acids is 1. The standard InChI is InChI=1S/C11H20O5/c1-2-3-4-5-6-7-8-11(15,16)9(12)10(13)14/h15-16H,2-8H2,1H3,(H,13,14). The molecule has 5 heteroatoms. The number of carboxylic acid groups (broad SMARTS) is 1. The molecule has 0 aromatic carbocycles. The van der Waals surface area contributed by atoms with Crippen LogP contribution in [0.1, 0.15) is 51.9 Å². The summed E-state index contributed by atoms with van der Waals surface area (Å²) in [6.45, 7) is 2.10. The van der Waals surface area contributed by atoms with Gasteiger partial charge in [-0.3, -0.25) is 4.79 Å². The number of unbranched alkanes of at least 4 members (excludes halogenated alkanes) is 5. The van der Waals surface area contributed by atoms with Crippen LogP contribution in [-0.4, -0.2) is 32.9 Å². The Labute approximate surface area is 95.1 Å². The molecule has 0 aromatic rings. The summed E-state index contributed by atoms with van der Waals surface area (Å²) in [6, 6.07) is 0. The fraction of sp³-hybridized carbons (Fsp3) is 0.818. The van der Waals surface area contributed by atoms with Crippen LogP contribution in [0.5, 0.6) is 0 Å². The van der Waals surface area contributed by atoms with E-state index < -0.39 is 17.5 Å². The second kappa shape index (κ2) is 7.35. The average molecular weight is 232 g/mol. The summed E-state index contributed by atoms with van der Waals surface area (Å²) >= 11 is 0. The van der Waals surface area contributed by atoms with E-state index in [0.29, 0.717) is 6.42 Å². The molecule has 0 rings (SSSR count). The highest BCUT2D eigenvalue weighted by atomic mass is 16.5. The highest BCUT2D eigenvalue weighted by Gasteiger charge is 2.37. The van der Waals surface area contributed by atoms with E-state index >= 15 is 0 Å². The van der Waals surface area contributed by atoms with Gasteiger partial charge in [-0.1, -0.05) is 39.0 Å².